The number of amides is 1. The largest absolute Gasteiger partial charge is 0.497 e. The summed E-state index contributed by atoms with van der Waals surface area (Å²) < 4.78 is 6.60. The smallest absolute Gasteiger partial charge is 0.326 e. The number of methoxy groups -OCH3 is 1. The lowest BCUT2D eigenvalue weighted by atomic mass is 10.2. The summed E-state index contributed by atoms with van der Waals surface area (Å²) in [6.45, 7) is 0.686. The summed E-state index contributed by atoms with van der Waals surface area (Å²) in [7, 11) is 1.60. The zero-order chi connectivity index (χ0) is 17.6. The van der Waals surface area contributed by atoms with E-state index < -0.39 is 0 Å². The molecule has 1 heterocycles. The average molecular weight is 337 g/mol. The monoisotopic (exact) mass is 337 g/mol. The average Bonchev–Trinajstić information content (AvgIpc) is 3.01. The molecule has 1 aromatic heterocycles. The Bertz CT molecular complexity index is 913. The van der Waals surface area contributed by atoms with E-state index >= 15 is 0 Å². The minimum absolute atomic E-state index is 0.303. The van der Waals surface area contributed by atoms with Crippen LogP contribution in [0.25, 0.3) is 0 Å². The van der Waals surface area contributed by atoms with E-state index in [-0.39, 0.29) is 11.6 Å². The number of carbonyl (C=O) groups is 1. The summed E-state index contributed by atoms with van der Waals surface area (Å²) in [5.74, 6) is 0.423. The molecule has 2 N–H and O–H groups in total. The van der Waals surface area contributed by atoms with Gasteiger partial charge < -0.3 is 15.0 Å². The molecule has 6 nitrogen and oxygen atoms in total. The third kappa shape index (κ3) is 3.98. The highest BCUT2D eigenvalue weighted by Gasteiger charge is 2.14. The third-order valence-electron chi connectivity index (χ3n) is 3.87. The first kappa shape index (κ1) is 16.6. The number of nitrogens with one attached hydrogen (secondary N) is 2. The number of aromatic nitrogens is 2. The zero-order valence-corrected chi connectivity index (χ0v) is 13.9. The van der Waals surface area contributed by atoms with Crippen molar-refractivity contribution >= 4 is 5.91 Å². The number of aromatic amines is 1. The van der Waals surface area contributed by atoms with E-state index in [0.717, 1.165) is 16.9 Å². The maximum atomic E-state index is 12.5. The number of H-pyrrole nitrogens is 1. The number of rotatable bonds is 6. The first-order chi connectivity index (χ1) is 12.2. The first-order valence-corrected chi connectivity index (χ1v) is 7.90. The lowest BCUT2D eigenvalue weighted by Gasteiger charge is -2.09. The van der Waals surface area contributed by atoms with E-state index in [1.807, 2.05) is 54.6 Å². The van der Waals surface area contributed by atoms with Gasteiger partial charge in [-0.25, -0.2) is 4.79 Å². The molecule has 0 aliphatic rings. The number of nitrogens with zero attached hydrogens (tertiary/aromatic N) is 1. The van der Waals surface area contributed by atoms with E-state index in [9.17, 15) is 9.59 Å². The lowest BCUT2D eigenvalue weighted by molar-refractivity contribution is 0.0941. The maximum Gasteiger partial charge on any atom is 0.326 e. The van der Waals surface area contributed by atoms with Crippen LogP contribution in [0.5, 0.6) is 5.75 Å². The molecule has 0 aliphatic heterocycles. The van der Waals surface area contributed by atoms with Gasteiger partial charge in [-0.15, -0.1) is 0 Å². The van der Waals surface area contributed by atoms with Gasteiger partial charge in [0.1, 0.15) is 11.4 Å². The third-order valence-corrected chi connectivity index (χ3v) is 3.87. The van der Waals surface area contributed by atoms with Crippen LogP contribution in [0.15, 0.2) is 65.6 Å². The van der Waals surface area contributed by atoms with Crippen LogP contribution < -0.4 is 15.7 Å². The van der Waals surface area contributed by atoms with Crippen LogP contribution in [-0.2, 0) is 13.1 Å². The summed E-state index contributed by atoms with van der Waals surface area (Å²) in [6, 6.07) is 17.0. The van der Waals surface area contributed by atoms with Gasteiger partial charge >= 0.3 is 5.69 Å². The molecule has 0 fully saturated rings. The maximum absolute atomic E-state index is 12.5. The molecule has 0 spiro atoms. The highest BCUT2D eigenvalue weighted by Crippen LogP contribution is 2.12. The minimum Gasteiger partial charge on any atom is -0.497 e. The molecule has 2 aromatic carbocycles. The molecule has 1 amide bonds. The predicted molar refractivity (Wildman–Crippen MR) is 94.8 cm³/mol. The summed E-state index contributed by atoms with van der Waals surface area (Å²) in [5.41, 5.74) is 1.86. The van der Waals surface area contributed by atoms with Crippen LogP contribution in [0.3, 0.4) is 0 Å². The summed E-state index contributed by atoms with van der Waals surface area (Å²) in [4.78, 5) is 27.1. The van der Waals surface area contributed by atoms with Gasteiger partial charge in [0.2, 0.25) is 0 Å². The van der Waals surface area contributed by atoms with Crippen LogP contribution in [-0.4, -0.2) is 22.6 Å². The molecule has 0 atom stereocenters. The number of benzene rings is 2. The van der Waals surface area contributed by atoms with Crippen molar-refractivity contribution in [1.29, 1.82) is 0 Å². The molecule has 0 aliphatic carbocycles. The molecule has 3 aromatic rings. The van der Waals surface area contributed by atoms with Crippen molar-refractivity contribution in [2.75, 3.05) is 7.11 Å². The molecule has 3 rings (SSSR count). The summed E-state index contributed by atoms with van der Waals surface area (Å²) in [5, 5.41) is 2.83. The fourth-order valence-corrected chi connectivity index (χ4v) is 2.56. The predicted octanol–water partition coefficient (Wildman–Crippen LogP) is 2.16. The number of hydrogen-bond acceptors (Lipinski definition) is 3. The standard InChI is InChI=1S/C19H19N3O3/c1-25-16-9-5-8-15(10-16)11-20-18(23)17-12-21-19(24)22(17)13-14-6-3-2-4-7-14/h2-10,12H,11,13H2,1H3,(H,20,23)(H,21,24). The van der Waals surface area contributed by atoms with Crippen molar-refractivity contribution in [1.82, 2.24) is 14.9 Å². The Morgan fingerprint density at radius 3 is 2.64 bits per heavy atom. The number of imidazole rings is 1. The van der Waals surface area contributed by atoms with E-state index in [4.69, 9.17) is 4.74 Å². The van der Waals surface area contributed by atoms with Gasteiger partial charge in [-0.1, -0.05) is 42.5 Å². The second-order valence-electron chi connectivity index (χ2n) is 5.59. The fraction of sp³-hybridized carbons (Fsp3) is 0.158. The van der Waals surface area contributed by atoms with Gasteiger partial charge in [0.25, 0.3) is 5.91 Å². The SMILES string of the molecule is COc1cccc(CNC(=O)c2c[nH]c(=O)n2Cc2ccccc2)c1. The van der Waals surface area contributed by atoms with Crippen LogP contribution in [0.1, 0.15) is 21.6 Å². The van der Waals surface area contributed by atoms with Gasteiger partial charge in [-0.05, 0) is 23.3 Å². The molecule has 0 radical (unpaired) electrons. The van der Waals surface area contributed by atoms with Gasteiger partial charge in [0, 0.05) is 12.7 Å². The fourth-order valence-electron chi connectivity index (χ4n) is 2.56. The van der Waals surface area contributed by atoms with Crippen LogP contribution >= 0.6 is 0 Å². The molecule has 0 saturated carbocycles. The first-order valence-electron chi connectivity index (χ1n) is 7.90. The van der Waals surface area contributed by atoms with Crippen LogP contribution in [0.4, 0.5) is 0 Å². The quantitative estimate of drug-likeness (QED) is 0.724. The van der Waals surface area contributed by atoms with E-state index in [2.05, 4.69) is 10.3 Å². The van der Waals surface area contributed by atoms with E-state index in [0.29, 0.717) is 18.8 Å². The Kier molecular flexibility index (Phi) is 4.99. The van der Waals surface area contributed by atoms with Crippen molar-refractivity contribution < 1.29 is 9.53 Å². The number of carbonyl (C=O) groups excluding carboxylic acids is 1. The molecule has 6 heteroatoms. The Hall–Kier alpha value is -3.28. The van der Waals surface area contributed by atoms with Crippen molar-refractivity contribution in [3.63, 3.8) is 0 Å². The van der Waals surface area contributed by atoms with Gasteiger partial charge in [-0.3, -0.25) is 9.36 Å². The van der Waals surface area contributed by atoms with Crippen molar-refractivity contribution in [3.8, 4) is 5.75 Å². The Morgan fingerprint density at radius 2 is 1.88 bits per heavy atom. The topological polar surface area (TPSA) is 76.1 Å². The highest BCUT2D eigenvalue weighted by atomic mass is 16.5. The molecular weight excluding hydrogens is 318 g/mol. The van der Waals surface area contributed by atoms with Crippen molar-refractivity contribution in [3.05, 3.63) is 88.1 Å². The van der Waals surface area contributed by atoms with Crippen LogP contribution in [0, 0.1) is 0 Å². The minimum atomic E-state index is -0.310. The Labute approximate surface area is 145 Å². The molecule has 0 saturated heterocycles. The van der Waals surface area contributed by atoms with Gasteiger partial charge in [-0.2, -0.15) is 0 Å². The number of ether oxygens (including phenoxy) is 1. The Morgan fingerprint density at radius 1 is 1.12 bits per heavy atom. The molecule has 0 bridgehead atoms. The Balaban J connectivity index is 1.73. The lowest BCUT2D eigenvalue weighted by Crippen LogP contribution is -2.29. The summed E-state index contributed by atoms with van der Waals surface area (Å²) in [6.07, 6.45) is 1.44. The normalized spacial score (nSPS) is 10.4. The van der Waals surface area contributed by atoms with Gasteiger partial charge in [0.05, 0.1) is 13.7 Å². The van der Waals surface area contributed by atoms with Crippen LogP contribution in [0.2, 0.25) is 0 Å². The second kappa shape index (κ2) is 7.53. The highest BCUT2D eigenvalue weighted by molar-refractivity contribution is 5.92. The zero-order valence-electron chi connectivity index (χ0n) is 13.9. The van der Waals surface area contributed by atoms with Crippen molar-refractivity contribution in [2.45, 2.75) is 13.1 Å². The van der Waals surface area contributed by atoms with Crippen molar-refractivity contribution in [2.24, 2.45) is 0 Å². The molecule has 25 heavy (non-hydrogen) atoms. The summed E-state index contributed by atoms with van der Waals surface area (Å²) >= 11 is 0. The van der Waals surface area contributed by atoms with E-state index in [1.54, 1.807) is 7.11 Å². The second-order valence-corrected chi connectivity index (χ2v) is 5.59. The van der Waals surface area contributed by atoms with Gasteiger partial charge in [0.15, 0.2) is 0 Å². The number of hydrogen-bond donors (Lipinski definition) is 2. The molecule has 128 valence electrons. The molecular formula is C19H19N3O3. The molecule has 0 unspecified atom stereocenters. The van der Waals surface area contributed by atoms with E-state index in [1.165, 1.54) is 10.8 Å².